The van der Waals surface area contributed by atoms with Gasteiger partial charge in [0.15, 0.2) is 5.54 Å². The molecule has 0 spiro atoms. The summed E-state index contributed by atoms with van der Waals surface area (Å²) in [7, 11) is 0. The first-order chi connectivity index (χ1) is 13.0. The van der Waals surface area contributed by atoms with E-state index >= 15 is 0 Å². The van der Waals surface area contributed by atoms with Gasteiger partial charge in [-0.15, -0.1) is 0 Å². The predicted molar refractivity (Wildman–Crippen MR) is 99.4 cm³/mol. The molecule has 1 aromatic rings. The van der Waals surface area contributed by atoms with E-state index in [0.29, 0.717) is 19.4 Å². The molecule has 0 aliphatic carbocycles. The molecule has 2 saturated heterocycles. The van der Waals surface area contributed by atoms with Crippen LogP contribution >= 0.6 is 0 Å². The zero-order chi connectivity index (χ0) is 19.3. The molecule has 1 atom stereocenters. The summed E-state index contributed by atoms with van der Waals surface area (Å²) in [5, 5.41) is 0. The number of hydrogen-bond donors (Lipinski definition) is 1. The highest BCUT2D eigenvalue weighted by molar-refractivity contribution is 6.08. The Bertz CT molecular complexity index is 688. The Morgan fingerprint density at radius 2 is 1.70 bits per heavy atom. The van der Waals surface area contributed by atoms with Gasteiger partial charge in [0.2, 0.25) is 5.91 Å². The summed E-state index contributed by atoms with van der Waals surface area (Å²) < 4.78 is 5.34. The summed E-state index contributed by atoms with van der Waals surface area (Å²) in [6.07, 6.45) is 3.56. The van der Waals surface area contributed by atoms with Crippen molar-refractivity contribution in [1.82, 2.24) is 9.80 Å². The number of rotatable bonds is 5. The maximum atomic E-state index is 13.0. The normalized spacial score (nSPS) is 23.2. The number of nitrogens with two attached hydrogens (primary N) is 1. The van der Waals surface area contributed by atoms with Crippen LogP contribution in [0.2, 0.25) is 0 Å². The van der Waals surface area contributed by atoms with Gasteiger partial charge in [-0.25, -0.2) is 4.79 Å². The maximum absolute atomic E-state index is 13.0. The Hall–Kier alpha value is -2.41. The number of carbonyl (C=O) groups excluding carboxylic acids is 3. The third kappa shape index (κ3) is 4.47. The number of hydrogen-bond acceptors (Lipinski definition) is 5. The topological polar surface area (TPSA) is 92.9 Å². The van der Waals surface area contributed by atoms with Crippen molar-refractivity contribution in [1.29, 1.82) is 0 Å². The Balaban J connectivity index is 1.65. The van der Waals surface area contributed by atoms with Crippen molar-refractivity contribution in [2.24, 2.45) is 5.73 Å². The van der Waals surface area contributed by atoms with Crippen LogP contribution in [0.4, 0.5) is 0 Å². The van der Waals surface area contributed by atoms with E-state index in [2.05, 4.69) is 0 Å². The van der Waals surface area contributed by atoms with Gasteiger partial charge in [-0.2, -0.15) is 0 Å². The largest absolute Gasteiger partial charge is 0.459 e. The number of ether oxygens (including phenoxy) is 1. The molecular weight excluding hydrogens is 346 g/mol. The highest BCUT2D eigenvalue weighted by atomic mass is 16.5. The van der Waals surface area contributed by atoms with Crippen LogP contribution < -0.4 is 5.73 Å². The molecule has 3 rings (SSSR count). The summed E-state index contributed by atoms with van der Waals surface area (Å²) in [6, 6.07) is 9.26. The van der Waals surface area contributed by atoms with E-state index in [1.54, 1.807) is 4.90 Å². The molecule has 2 aliphatic rings. The van der Waals surface area contributed by atoms with E-state index < -0.39 is 17.4 Å². The van der Waals surface area contributed by atoms with E-state index in [9.17, 15) is 14.4 Å². The minimum absolute atomic E-state index is 0.0241. The third-order valence-electron chi connectivity index (χ3n) is 5.28. The van der Waals surface area contributed by atoms with Gasteiger partial charge in [-0.1, -0.05) is 30.3 Å². The predicted octanol–water partition coefficient (Wildman–Crippen LogP) is 1.06. The lowest BCUT2D eigenvalue weighted by molar-refractivity contribution is -0.160. The first-order valence-electron chi connectivity index (χ1n) is 9.58. The average Bonchev–Trinajstić information content (AvgIpc) is 3.19. The van der Waals surface area contributed by atoms with Crippen LogP contribution in [0.25, 0.3) is 0 Å². The van der Waals surface area contributed by atoms with Crippen LogP contribution in [0.15, 0.2) is 30.3 Å². The molecule has 7 heteroatoms. The summed E-state index contributed by atoms with van der Waals surface area (Å²) >= 11 is 0. The molecule has 0 saturated carbocycles. The minimum atomic E-state index is -1.73. The van der Waals surface area contributed by atoms with Gasteiger partial charge in [0.05, 0.1) is 6.54 Å². The molecule has 2 aliphatic heterocycles. The Labute approximate surface area is 159 Å². The fourth-order valence-electron chi connectivity index (χ4n) is 3.62. The summed E-state index contributed by atoms with van der Waals surface area (Å²) in [6.45, 7) is 1.94. The molecule has 0 unspecified atom stereocenters. The van der Waals surface area contributed by atoms with Crippen LogP contribution in [0.3, 0.4) is 0 Å². The molecule has 2 N–H and O–H groups in total. The summed E-state index contributed by atoms with van der Waals surface area (Å²) in [5.74, 6) is -1.31. The van der Waals surface area contributed by atoms with Crippen LogP contribution in [0, 0.1) is 0 Å². The lowest BCUT2D eigenvalue weighted by Crippen LogP contribution is -2.61. The molecular formula is C20H27N3O4. The van der Waals surface area contributed by atoms with E-state index in [4.69, 9.17) is 10.5 Å². The molecule has 2 heterocycles. The second-order valence-corrected chi connectivity index (χ2v) is 7.30. The molecule has 146 valence electrons. The summed E-state index contributed by atoms with van der Waals surface area (Å²) in [4.78, 5) is 41.3. The second kappa shape index (κ2) is 8.52. The average molecular weight is 373 g/mol. The van der Waals surface area contributed by atoms with Gasteiger partial charge in [0.25, 0.3) is 5.91 Å². The van der Waals surface area contributed by atoms with Crippen molar-refractivity contribution in [2.45, 2.75) is 44.2 Å². The summed E-state index contributed by atoms with van der Waals surface area (Å²) in [5.41, 5.74) is 5.34. The highest BCUT2D eigenvalue weighted by Gasteiger charge is 2.47. The maximum Gasteiger partial charge on any atom is 0.336 e. The van der Waals surface area contributed by atoms with Crippen molar-refractivity contribution in [2.75, 3.05) is 26.2 Å². The number of amides is 2. The number of nitrogens with zero attached hydrogens (tertiary/aromatic N) is 2. The lowest BCUT2D eigenvalue weighted by atomic mass is 9.93. The first-order valence-corrected chi connectivity index (χ1v) is 9.58. The van der Waals surface area contributed by atoms with Crippen LogP contribution in [0.1, 0.15) is 37.7 Å². The van der Waals surface area contributed by atoms with Gasteiger partial charge >= 0.3 is 5.97 Å². The second-order valence-electron chi connectivity index (χ2n) is 7.30. The van der Waals surface area contributed by atoms with Crippen molar-refractivity contribution >= 4 is 17.8 Å². The standard InChI is InChI=1S/C20H27N3O4/c21-20(19(26)27-15-16-8-2-1-3-9-16)10-4-5-13-23(18(20)25)14-17(24)22-11-6-7-12-22/h1-3,8-9H,4-7,10-15,21H2/t20-/m0/s1. The Morgan fingerprint density at radius 3 is 2.41 bits per heavy atom. The quantitative estimate of drug-likeness (QED) is 0.615. The molecule has 1 aromatic carbocycles. The molecule has 7 nitrogen and oxygen atoms in total. The van der Waals surface area contributed by atoms with Gasteiger partial charge < -0.3 is 20.3 Å². The van der Waals surface area contributed by atoms with Crippen molar-refractivity contribution in [3.8, 4) is 0 Å². The highest BCUT2D eigenvalue weighted by Crippen LogP contribution is 2.23. The number of likely N-dealkylation sites (tertiary alicyclic amines) is 2. The monoisotopic (exact) mass is 373 g/mol. The van der Waals surface area contributed by atoms with Gasteiger partial charge in [-0.3, -0.25) is 9.59 Å². The van der Waals surface area contributed by atoms with E-state index in [-0.39, 0.29) is 25.5 Å². The third-order valence-corrected chi connectivity index (χ3v) is 5.28. The van der Waals surface area contributed by atoms with Crippen LogP contribution in [-0.4, -0.2) is 59.3 Å². The Morgan fingerprint density at radius 1 is 1.04 bits per heavy atom. The van der Waals surface area contributed by atoms with Crippen LogP contribution in [-0.2, 0) is 25.7 Å². The number of carbonyl (C=O) groups is 3. The fourth-order valence-corrected chi connectivity index (χ4v) is 3.62. The molecule has 27 heavy (non-hydrogen) atoms. The van der Waals surface area contributed by atoms with Crippen molar-refractivity contribution in [3.05, 3.63) is 35.9 Å². The van der Waals surface area contributed by atoms with E-state index in [0.717, 1.165) is 31.5 Å². The van der Waals surface area contributed by atoms with Crippen LogP contribution in [0.5, 0.6) is 0 Å². The van der Waals surface area contributed by atoms with E-state index in [1.165, 1.54) is 4.90 Å². The zero-order valence-electron chi connectivity index (χ0n) is 15.6. The Kier molecular flexibility index (Phi) is 6.11. The molecule has 2 amide bonds. The molecule has 0 bridgehead atoms. The van der Waals surface area contributed by atoms with Crippen molar-refractivity contribution in [3.63, 3.8) is 0 Å². The number of benzene rings is 1. The van der Waals surface area contributed by atoms with Crippen molar-refractivity contribution < 1.29 is 19.1 Å². The first kappa shape index (κ1) is 19.4. The molecule has 0 aromatic heterocycles. The minimum Gasteiger partial charge on any atom is -0.459 e. The fraction of sp³-hybridized carbons (Fsp3) is 0.550. The smallest absolute Gasteiger partial charge is 0.336 e. The number of esters is 1. The zero-order valence-corrected chi connectivity index (χ0v) is 15.6. The lowest BCUT2D eigenvalue weighted by Gasteiger charge is -2.30. The van der Waals surface area contributed by atoms with E-state index in [1.807, 2.05) is 30.3 Å². The molecule has 2 fully saturated rings. The SMILES string of the molecule is N[C@@]1(C(=O)OCc2ccccc2)CCCCN(CC(=O)N2CCCC2)C1=O. The van der Waals surface area contributed by atoms with Gasteiger partial charge in [0, 0.05) is 19.6 Å². The molecule has 0 radical (unpaired) electrons. The van der Waals surface area contributed by atoms with Gasteiger partial charge in [-0.05, 0) is 37.7 Å². The van der Waals surface area contributed by atoms with Gasteiger partial charge in [0.1, 0.15) is 6.61 Å².